The van der Waals surface area contributed by atoms with Gasteiger partial charge in [-0.25, -0.2) is 9.38 Å². The topological polar surface area (TPSA) is 78.8 Å². The van der Waals surface area contributed by atoms with Crippen molar-refractivity contribution >= 4 is 29.1 Å². The lowest BCUT2D eigenvalue weighted by atomic mass is 9.74. The van der Waals surface area contributed by atoms with Crippen LogP contribution in [0.1, 0.15) is 27.2 Å². The summed E-state index contributed by atoms with van der Waals surface area (Å²) < 4.78 is 13.2. The van der Waals surface area contributed by atoms with Gasteiger partial charge < -0.3 is 10.2 Å². The largest absolute Gasteiger partial charge is 0.325 e. The summed E-state index contributed by atoms with van der Waals surface area (Å²) in [4.78, 5) is 42.9. The number of benzene rings is 1. The second-order valence-electron chi connectivity index (χ2n) is 9.03. The summed E-state index contributed by atoms with van der Waals surface area (Å²) in [5.74, 6) is -1.79. The number of rotatable bonds is 2. The van der Waals surface area contributed by atoms with Crippen molar-refractivity contribution in [1.29, 1.82) is 0 Å². The zero-order chi connectivity index (χ0) is 22.3. The van der Waals surface area contributed by atoms with Crippen LogP contribution in [0.3, 0.4) is 0 Å². The number of amides is 3. The Morgan fingerprint density at radius 1 is 1.16 bits per heavy atom. The van der Waals surface area contributed by atoms with Gasteiger partial charge in [-0.1, -0.05) is 26.8 Å². The zero-order valence-electron chi connectivity index (χ0n) is 17.7. The highest BCUT2D eigenvalue weighted by Gasteiger charge is 2.36. The predicted molar refractivity (Wildman–Crippen MR) is 116 cm³/mol. The fraction of sp³-hybridized carbons (Fsp3) is 0.333. The van der Waals surface area contributed by atoms with Gasteiger partial charge in [0, 0.05) is 36.3 Å². The van der Waals surface area contributed by atoms with Gasteiger partial charge in [-0.15, -0.1) is 0 Å². The van der Waals surface area contributed by atoms with Gasteiger partial charge in [0.15, 0.2) is 0 Å². The molecule has 0 spiro atoms. The summed E-state index contributed by atoms with van der Waals surface area (Å²) in [5, 5.41) is 2.84. The first kappa shape index (κ1) is 20.9. The highest BCUT2D eigenvalue weighted by Crippen LogP contribution is 2.38. The number of allylic oxidation sites excluding steroid dienone is 3. The van der Waals surface area contributed by atoms with Gasteiger partial charge >= 0.3 is 0 Å². The van der Waals surface area contributed by atoms with E-state index in [0.717, 1.165) is 5.57 Å². The van der Waals surface area contributed by atoms with Crippen molar-refractivity contribution in [1.82, 2.24) is 5.32 Å². The number of anilines is 1. The van der Waals surface area contributed by atoms with Crippen LogP contribution in [0.5, 0.6) is 0 Å². The third kappa shape index (κ3) is 4.26. The van der Waals surface area contributed by atoms with Crippen molar-refractivity contribution in [3.05, 3.63) is 65.7 Å². The van der Waals surface area contributed by atoms with Gasteiger partial charge in [0.1, 0.15) is 5.82 Å². The number of nitrogens with zero attached hydrogens (tertiary/aromatic N) is 2. The Morgan fingerprint density at radius 2 is 1.87 bits per heavy atom. The fourth-order valence-electron chi connectivity index (χ4n) is 4.10. The lowest BCUT2D eigenvalue weighted by Gasteiger charge is -2.34. The van der Waals surface area contributed by atoms with Crippen LogP contribution in [-0.4, -0.2) is 30.0 Å². The van der Waals surface area contributed by atoms with E-state index in [0.29, 0.717) is 17.1 Å². The van der Waals surface area contributed by atoms with Crippen molar-refractivity contribution in [3.8, 4) is 0 Å². The summed E-state index contributed by atoms with van der Waals surface area (Å²) in [5.41, 5.74) is 2.52. The lowest BCUT2D eigenvalue weighted by Crippen LogP contribution is -2.36. The van der Waals surface area contributed by atoms with Crippen LogP contribution in [0.15, 0.2) is 64.8 Å². The van der Waals surface area contributed by atoms with Gasteiger partial charge in [-0.05, 0) is 47.4 Å². The Hall–Kier alpha value is -3.35. The molecule has 0 bridgehead atoms. The summed E-state index contributed by atoms with van der Waals surface area (Å²) in [6, 6.07) is 5.61. The molecular weight excluding hydrogens is 397 g/mol. The quantitative estimate of drug-likeness (QED) is 0.796. The molecule has 31 heavy (non-hydrogen) atoms. The van der Waals surface area contributed by atoms with Crippen LogP contribution in [-0.2, 0) is 14.4 Å². The van der Waals surface area contributed by atoms with E-state index in [4.69, 9.17) is 0 Å². The minimum Gasteiger partial charge on any atom is -0.325 e. The van der Waals surface area contributed by atoms with Gasteiger partial charge in [0.2, 0.25) is 11.8 Å². The van der Waals surface area contributed by atoms with E-state index in [1.807, 2.05) is 6.08 Å². The fourth-order valence-corrected chi connectivity index (χ4v) is 4.10. The molecular formula is C24H24FN3O3. The van der Waals surface area contributed by atoms with Crippen molar-refractivity contribution < 1.29 is 18.8 Å². The highest BCUT2D eigenvalue weighted by atomic mass is 19.1. The third-order valence-corrected chi connectivity index (χ3v) is 5.70. The highest BCUT2D eigenvalue weighted by molar-refractivity contribution is 6.12. The average Bonchev–Trinajstić information content (AvgIpc) is 3.09. The average molecular weight is 421 g/mol. The normalized spacial score (nSPS) is 24.6. The number of halogens is 1. The summed E-state index contributed by atoms with van der Waals surface area (Å²) in [7, 11) is 0. The van der Waals surface area contributed by atoms with E-state index >= 15 is 0 Å². The van der Waals surface area contributed by atoms with Crippen molar-refractivity contribution in [2.24, 2.45) is 22.2 Å². The van der Waals surface area contributed by atoms with E-state index in [2.05, 4.69) is 31.1 Å². The molecule has 1 aliphatic carbocycles. The standard InChI is InChI=1S/C24H24FN3O3/c1-24(2,3)19-12-21(29)27-20-11-16(6-9-18(19)20)26-23(31)14-10-22(30)28(13-14)17-7-4-15(25)5-8-17/h4-9,11-12,14,18H,10,13H2,1-3H3,(H,27,29). The van der Waals surface area contributed by atoms with E-state index < -0.39 is 5.92 Å². The molecule has 1 aromatic rings. The molecule has 3 amide bonds. The van der Waals surface area contributed by atoms with Crippen molar-refractivity contribution in [3.63, 3.8) is 0 Å². The van der Waals surface area contributed by atoms with Crippen LogP contribution >= 0.6 is 0 Å². The Morgan fingerprint density at radius 3 is 2.55 bits per heavy atom. The molecule has 0 radical (unpaired) electrons. The second kappa shape index (κ2) is 7.72. The molecule has 2 heterocycles. The van der Waals surface area contributed by atoms with Crippen LogP contribution in [0, 0.1) is 23.1 Å². The minimum absolute atomic E-state index is 0.0591. The van der Waals surface area contributed by atoms with Crippen LogP contribution < -0.4 is 10.2 Å². The van der Waals surface area contributed by atoms with Gasteiger partial charge in [-0.3, -0.25) is 14.4 Å². The van der Waals surface area contributed by atoms with E-state index in [1.165, 1.54) is 29.2 Å². The molecule has 0 aromatic heterocycles. The number of hydrogen-bond acceptors (Lipinski definition) is 3. The molecule has 2 unspecified atom stereocenters. The SMILES string of the molecule is CC(C)(C)C1=CC(=O)NC2=CC(=NC(=O)C3CC(=O)N(c4ccc(F)cc4)C3)C=CC21. The van der Waals surface area contributed by atoms with E-state index in [-0.39, 0.29) is 47.8 Å². The molecule has 3 aliphatic rings. The monoisotopic (exact) mass is 421 g/mol. The van der Waals surface area contributed by atoms with Gasteiger partial charge in [-0.2, -0.15) is 0 Å². The summed E-state index contributed by atoms with van der Waals surface area (Å²) in [6.45, 7) is 6.37. The second-order valence-corrected chi connectivity index (χ2v) is 9.03. The number of nitrogens with one attached hydrogen (secondary N) is 1. The lowest BCUT2D eigenvalue weighted by molar-refractivity contribution is -0.123. The maximum absolute atomic E-state index is 13.2. The molecule has 1 saturated heterocycles. The molecule has 2 aliphatic heterocycles. The Balaban J connectivity index is 1.51. The zero-order valence-corrected chi connectivity index (χ0v) is 17.7. The first-order chi connectivity index (χ1) is 14.6. The molecule has 6 nitrogen and oxygen atoms in total. The molecule has 0 saturated carbocycles. The molecule has 160 valence electrons. The number of carbonyl (C=O) groups is 3. The smallest absolute Gasteiger partial charge is 0.251 e. The molecule has 2 atom stereocenters. The van der Waals surface area contributed by atoms with Crippen LogP contribution in [0.4, 0.5) is 10.1 Å². The summed E-state index contributed by atoms with van der Waals surface area (Å²) in [6.07, 6.45) is 7.12. The molecule has 4 rings (SSSR count). The van der Waals surface area contributed by atoms with Crippen LogP contribution in [0.2, 0.25) is 0 Å². The van der Waals surface area contributed by atoms with E-state index in [9.17, 15) is 18.8 Å². The molecule has 7 heteroatoms. The Kier molecular flexibility index (Phi) is 5.21. The molecule has 1 fully saturated rings. The van der Waals surface area contributed by atoms with E-state index in [1.54, 1.807) is 18.2 Å². The Labute approximate surface area is 180 Å². The third-order valence-electron chi connectivity index (χ3n) is 5.70. The number of aliphatic imine (C=N–C) groups is 1. The minimum atomic E-state index is -0.569. The summed E-state index contributed by atoms with van der Waals surface area (Å²) >= 11 is 0. The maximum atomic E-state index is 13.2. The Bertz CT molecular complexity index is 1070. The number of hydrogen-bond donors (Lipinski definition) is 1. The number of carbonyl (C=O) groups excluding carboxylic acids is 3. The number of fused-ring (bicyclic) bond motifs is 1. The molecule has 1 N–H and O–H groups in total. The predicted octanol–water partition coefficient (Wildman–Crippen LogP) is 3.32. The van der Waals surface area contributed by atoms with Gasteiger partial charge in [0.25, 0.3) is 5.91 Å². The van der Waals surface area contributed by atoms with Crippen molar-refractivity contribution in [2.45, 2.75) is 27.2 Å². The van der Waals surface area contributed by atoms with Crippen molar-refractivity contribution in [2.75, 3.05) is 11.4 Å². The first-order valence-corrected chi connectivity index (χ1v) is 10.2. The van der Waals surface area contributed by atoms with Crippen LogP contribution in [0.25, 0.3) is 0 Å². The van der Waals surface area contributed by atoms with Gasteiger partial charge in [0.05, 0.1) is 11.6 Å². The maximum Gasteiger partial charge on any atom is 0.251 e. The molecule has 1 aromatic carbocycles. The first-order valence-electron chi connectivity index (χ1n) is 10.2.